The first kappa shape index (κ1) is 11.5. The molecule has 86 valence electrons. The van der Waals surface area contributed by atoms with E-state index in [2.05, 4.69) is 29.2 Å². The fourth-order valence-electron chi connectivity index (χ4n) is 2.03. The lowest BCUT2D eigenvalue weighted by atomic mass is 9.94. The molecule has 0 aromatic heterocycles. The van der Waals surface area contributed by atoms with Gasteiger partial charge in [-0.25, -0.2) is 0 Å². The van der Waals surface area contributed by atoms with Crippen molar-refractivity contribution in [2.24, 2.45) is 11.8 Å². The number of nitrogens with one attached hydrogen (secondary N) is 1. The first-order valence-corrected chi connectivity index (χ1v) is 7.54. The fourth-order valence-corrected chi connectivity index (χ4v) is 3.15. The van der Waals surface area contributed by atoms with Gasteiger partial charge < -0.3 is 5.32 Å². The fraction of sp³-hybridized carbons (Fsp3) is 0.846. The van der Waals surface area contributed by atoms with Crippen LogP contribution in [-0.2, 0) is 0 Å². The van der Waals surface area contributed by atoms with Gasteiger partial charge in [0, 0.05) is 12.3 Å². The molecule has 1 nitrogen and oxygen atoms in total. The van der Waals surface area contributed by atoms with Gasteiger partial charge in [0.2, 0.25) is 0 Å². The highest BCUT2D eigenvalue weighted by Gasteiger charge is 2.20. The average Bonchev–Trinajstić information content (AvgIpc) is 3.09. The van der Waals surface area contributed by atoms with E-state index in [9.17, 15) is 0 Å². The van der Waals surface area contributed by atoms with Crippen molar-refractivity contribution in [3.05, 3.63) is 12.2 Å². The normalized spacial score (nSPS) is 25.7. The Morgan fingerprint density at radius 2 is 2.07 bits per heavy atom. The Hall–Kier alpha value is 0.0500. The number of rotatable bonds is 7. The second-order valence-corrected chi connectivity index (χ2v) is 6.02. The summed E-state index contributed by atoms with van der Waals surface area (Å²) < 4.78 is 0. The summed E-state index contributed by atoms with van der Waals surface area (Å²) in [5.41, 5.74) is 0. The Morgan fingerprint density at radius 1 is 1.13 bits per heavy atom. The summed E-state index contributed by atoms with van der Waals surface area (Å²) in [5.74, 6) is 4.70. The summed E-state index contributed by atoms with van der Waals surface area (Å²) >= 11 is 2.13. The van der Waals surface area contributed by atoms with Crippen LogP contribution in [0.2, 0.25) is 0 Å². The lowest BCUT2D eigenvalue weighted by Crippen LogP contribution is -2.25. The van der Waals surface area contributed by atoms with E-state index in [0.29, 0.717) is 0 Å². The van der Waals surface area contributed by atoms with E-state index in [1.165, 1.54) is 56.7 Å². The minimum atomic E-state index is 0.906. The molecule has 0 amide bonds. The lowest BCUT2D eigenvalue weighted by molar-refractivity contribution is 0.448. The van der Waals surface area contributed by atoms with Crippen molar-refractivity contribution in [1.29, 1.82) is 0 Å². The largest absolute Gasteiger partial charge is 0.316 e. The third kappa shape index (κ3) is 5.07. The Bertz CT molecular complexity index is 199. The minimum Gasteiger partial charge on any atom is -0.316 e. The molecule has 0 bridgehead atoms. The summed E-state index contributed by atoms with van der Waals surface area (Å²) in [6, 6.07) is 0. The first-order chi connectivity index (χ1) is 7.45. The highest BCUT2D eigenvalue weighted by atomic mass is 32.2. The standard InChI is InChI=1S/C13H23NS/c1-2-4-12(5-3-1)10-14-8-9-15-11-13-6-7-13/h1-2,12-14H,3-11H2. The molecule has 1 N–H and O–H groups in total. The van der Waals surface area contributed by atoms with E-state index in [4.69, 9.17) is 0 Å². The van der Waals surface area contributed by atoms with Gasteiger partial charge in [-0.3, -0.25) is 0 Å². The van der Waals surface area contributed by atoms with Gasteiger partial charge in [-0.1, -0.05) is 12.2 Å². The topological polar surface area (TPSA) is 12.0 Å². The summed E-state index contributed by atoms with van der Waals surface area (Å²) in [6.07, 6.45) is 11.6. The van der Waals surface area contributed by atoms with Crippen molar-refractivity contribution in [3.8, 4) is 0 Å². The van der Waals surface area contributed by atoms with Crippen molar-refractivity contribution >= 4 is 11.8 Å². The van der Waals surface area contributed by atoms with Gasteiger partial charge in [0.1, 0.15) is 0 Å². The van der Waals surface area contributed by atoms with Crippen LogP contribution in [-0.4, -0.2) is 24.6 Å². The zero-order chi connectivity index (χ0) is 10.3. The van der Waals surface area contributed by atoms with Gasteiger partial charge in [0.05, 0.1) is 0 Å². The molecule has 0 aliphatic heterocycles. The number of allylic oxidation sites excluding steroid dienone is 2. The SMILES string of the molecule is C1=CCC(CNCCSCC2CC2)CC1. The second-order valence-electron chi connectivity index (χ2n) is 4.87. The maximum absolute atomic E-state index is 3.59. The third-order valence-corrected chi connectivity index (χ3v) is 4.48. The molecular weight excluding hydrogens is 202 g/mol. The predicted molar refractivity (Wildman–Crippen MR) is 69.4 cm³/mol. The molecule has 0 aromatic carbocycles. The lowest BCUT2D eigenvalue weighted by Gasteiger charge is -2.17. The van der Waals surface area contributed by atoms with Crippen molar-refractivity contribution in [2.45, 2.75) is 32.1 Å². The molecule has 2 aliphatic rings. The van der Waals surface area contributed by atoms with Gasteiger partial charge in [-0.2, -0.15) is 11.8 Å². The Balaban J connectivity index is 1.39. The highest BCUT2D eigenvalue weighted by molar-refractivity contribution is 7.99. The quantitative estimate of drug-likeness (QED) is 0.528. The minimum absolute atomic E-state index is 0.906. The number of hydrogen-bond acceptors (Lipinski definition) is 2. The van der Waals surface area contributed by atoms with Crippen LogP contribution in [0.4, 0.5) is 0 Å². The van der Waals surface area contributed by atoms with E-state index < -0.39 is 0 Å². The molecule has 0 heterocycles. The molecular formula is C13H23NS. The second kappa shape index (κ2) is 6.59. The van der Waals surface area contributed by atoms with Crippen LogP contribution in [0.15, 0.2) is 12.2 Å². The smallest absolute Gasteiger partial charge is 0.00582 e. The van der Waals surface area contributed by atoms with Gasteiger partial charge >= 0.3 is 0 Å². The maximum atomic E-state index is 3.59. The summed E-state index contributed by atoms with van der Waals surface area (Å²) in [6.45, 7) is 2.44. The van der Waals surface area contributed by atoms with Gasteiger partial charge in [0.25, 0.3) is 0 Å². The average molecular weight is 225 g/mol. The van der Waals surface area contributed by atoms with Crippen molar-refractivity contribution in [3.63, 3.8) is 0 Å². The van der Waals surface area contributed by atoms with Gasteiger partial charge in [-0.05, 0) is 56.2 Å². The summed E-state index contributed by atoms with van der Waals surface area (Å²) in [4.78, 5) is 0. The van der Waals surface area contributed by atoms with Gasteiger partial charge in [0.15, 0.2) is 0 Å². The van der Waals surface area contributed by atoms with E-state index in [1.807, 2.05) is 0 Å². The van der Waals surface area contributed by atoms with E-state index >= 15 is 0 Å². The molecule has 2 rings (SSSR count). The molecule has 1 fully saturated rings. The van der Waals surface area contributed by atoms with Crippen LogP contribution in [0, 0.1) is 11.8 Å². The van der Waals surface area contributed by atoms with E-state index in [-0.39, 0.29) is 0 Å². The number of hydrogen-bond donors (Lipinski definition) is 1. The molecule has 0 radical (unpaired) electrons. The highest BCUT2D eigenvalue weighted by Crippen LogP contribution is 2.32. The van der Waals surface area contributed by atoms with Crippen LogP contribution < -0.4 is 5.32 Å². The molecule has 2 aliphatic carbocycles. The molecule has 0 aromatic rings. The van der Waals surface area contributed by atoms with Crippen LogP contribution in [0.5, 0.6) is 0 Å². The molecule has 2 heteroatoms. The Labute approximate surface area is 98.1 Å². The van der Waals surface area contributed by atoms with Crippen LogP contribution >= 0.6 is 11.8 Å². The predicted octanol–water partition coefficient (Wildman–Crippen LogP) is 3.08. The maximum Gasteiger partial charge on any atom is 0.00582 e. The molecule has 0 saturated heterocycles. The summed E-state index contributed by atoms with van der Waals surface area (Å²) in [7, 11) is 0. The molecule has 0 spiro atoms. The van der Waals surface area contributed by atoms with Crippen LogP contribution in [0.1, 0.15) is 32.1 Å². The van der Waals surface area contributed by atoms with Crippen LogP contribution in [0.3, 0.4) is 0 Å². The zero-order valence-corrected chi connectivity index (χ0v) is 10.4. The first-order valence-electron chi connectivity index (χ1n) is 6.38. The van der Waals surface area contributed by atoms with Gasteiger partial charge in [-0.15, -0.1) is 0 Å². The van der Waals surface area contributed by atoms with E-state index in [1.54, 1.807) is 0 Å². The third-order valence-electron chi connectivity index (χ3n) is 3.28. The molecule has 1 unspecified atom stereocenters. The Kier molecular flexibility index (Phi) is 5.07. The molecule has 1 atom stereocenters. The molecule has 1 saturated carbocycles. The zero-order valence-electron chi connectivity index (χ0n) is 9.58. The van der Waals surface area contributed by atoms with Crippen molar-refractivity contribution in [2.75, 3.05) is 24.6 Å². The van der Waals surface area contributed by atoms with Crippen molar-refractivity contribution in [1.82, 2.24) is 5.32 Å². The van der Waals surface area contributed by atoms with Crippen LogP contribution in [0.25, 0.3) is 0 Å². The monoisotopic (exact) mass is 225 g/mol. The van der Waals surface area contributed by atoms with Crippen molar-refractivity contribution < 1.29 is 0 Å². The number of thioether (sulfide) groups is 1. The Morgan fingerprint density at radius 3 is 2.80 bits per heavy atom. The van der Waals surface area contributed by atoms with E-state index in [0.717, 1.165) is 11.8 Å². The summed E-state index contributed by atoms with van der Waals surface area (Å²) in [5, 5.41) is 3.59. The molecule has 15 heavy (non-hydrogen) atoms.